The van der Waals surface area contributed by atoms with Crippen molar-refractivity contribution in [2.24, 2.45) is 22.1 Å². The maximum atomic E-state index is 6.04. The summed E-state index contributed by atoms with van der Waals surface area (Å²) in [6, 6.07) is 0.462. The van der Waals surface area contributed by atoms with Crippen molar-refractivity contribution < 1.29 is 4.74 Å². The summed E-state index contributed by atoms with van der Waals surface area (Å²) in [7, 11) is 0. The average molecular weight is 281 g/mol. The Hall–Kier alpha value is -0.770. The molecule has 2 saturated carbocycles. The molecule has 2 unspecified atom stereocenters. The highest BCUT2D eigenvalue weighted by atomic mass is 16.5. The number of aliphatic imine (C=N–C) groups is 1. The van der Waals surface area contributed by atoms with E-state index in [9.17, 15) is 0 Å². The molecule has 4 heteroatoms. The highest BCUT2D eigenvalue weighted by molar-refractivity contribution is 5.78. The van der Waals surface area contributed by atoms with Gasteiger partial charge < -0.3 is 15.8 Å². The molecule has 0 radical (unpaired) electrons. The second-order valence-corrected chi connectivity index (χ2v) is 6.77. The first-order chi connectivity index (χ1) is 9.58. The minimum absolute atomic E-state index is 0.328. The summed E-state index contributed by atoms with van der Waals surface area (Å²) in [5.74, 6) is 1.30. The normalized spacial score (nSPS) is 28.9. The molecule has 1 spiro atoms. The molecule has 0 amide bonds. The van der Waals surface area contributed by atoms with E-state index in [-0.39, 0.29) is 0 Å². The lowest BCUT2D eigenvalue weighted by molar-refractivity contribution is -0.125. The average Bonchev–Trinajstić information content (AvgIpc) is 2.89. The molecule has 2 atom stereocenters. The van der Waals surface area contributed by atoms with Gasteiger partial charge in [0, 0.05) is 24.6 Å². The van der Waals surface area contributed by atoms with E-state index >= 15 is 0 Å². The van der Waals surface area contributed by atoms with Crippen LogP contribution in [0, 0.1) is 11.3 Å². The van der Waals surface area contributed by atoms with Gasteiger partial charge in [-0.1, -0.05) is 26.7 Å². The Balaban J connectivity index is 1.86. The predicted molar refractivity (Wildman–Crippen MR) is 83.8 cm³/mol. The molecule has 3 N–H and O–H groups in total. The minimum atomic E-state index is 0.328. The maximum Gasteiger partial charge on any atom is 0.188 e. The molecule has 0 aromatic rings. The number of hydrogen-bond donors (Lipinski definition) is 2. The summed E-state index contributed by atoms with van der Waals surface area (Å²) in [5, 5.41) is 3.46. The SMILES string of the molecule is CCOC1CC(NC(N)=NCCC(C)C)C12CCCC2. The standard InChI is InChI=1S/C16H31N3O/c1-4-20-14-11-13(16(14)8-5-6-9-16)19-15(17)18-10-7-12(2)3/h12-14H,4-11H2,1-3H3,(H3,17,18,19). The predicted octanol–water partition coefficient (Wildman–Crippen LogP) is 2.67. The van der Waals surface area contributed by atoms with Crippen LogP contribution in [0.4, 0.5) is 0 Å². The van der Waals surface area contributed by atoms with Crippen LogP contribution in [0.15, 0.2) is 4.99 Å². The molecule has 0 bridgehead atoms. The first-order valence-electron chi connectivity index (χ1n) is 8.26. The molecule has 0 aromatic carbocycles. The van der Waals surface area contributed by atoms with E-state index < -0.39 is 0 Å². The van der Waals surface area contributed by atoms with Crippen molar-refractivity contribution in [1.29, 1.82) is 0 Å². The van der Waals surface area contributed by atoms with Gasteiger partial charge in [-0.3, -0.25) is 4.99 Å². The fourth-order valence-corrected chi connectivity index (χ4v) is 3.76. The molecule has 2 fully saturated rings. The van der Waals surface area contributed by atoms with Crippen LogP contribution in [0.2, 0.25) is 0 Å². The highest BCUT2D eigenvalue weighted by Crippen LogP contribution is 2.54. The van der Waals surface area contributed by atoms with Crippen LogP contribution in [0.25, 0.3) is 0 Å². The lowest BCUT2D eigenvalue weighted by Crippen LogP contribution is -2.64. The van der Waals surface area contributed by atoms with Crippen molar-refractivity contribution >= 4 is 5.96 Å². The Morgan fingerprint density at radius 2 is 2.10 bits per heavy atom. The second kappa shape index (κ2) is 6.79. The monoisotopic (exact) mass is 281 g/mol. The van der Waals surface area contributed by atoms with Gasteiger partial charge in [-0.25, -0.2) is 0 Å². The molecule has 0 saturated heterocycles. The molecule has 116 valence electrons. The number of nitrogens with two attached hydrogens (primary N) is 1. The summed E-state index contributed by atoms with van der Waals surface area (Å²) < 4.78 is 5.92. The smallest absolute Gasteiger partial charge is 0.188 e. The number of hydrogen-bond acceptors (Lipinski definition) is 2. The van der Waals surface area contributed by atoms with E-state index in [1.807, 2.05) is 0 Å². The van der Waals surface area contributed by atoms with Crippen LogP contribution >= 0.6 is 0 Å². The summed E-state index contributed by atoms with van der Waals surface area (Å²) in [6.07, 6.45) is 7.80. The number of guanidine groups is 1. The number of ether oxygens (including phenoxy) is 1. The number of nitrogens with one attached hydrogen (secondary N) is 1. The molecular weight excluding hydrogens is 250 g/mol. The van der Waals surface area contributed by atoms with Crippen LogP contribution in [-0.2, 0) is 4.74 Å². The Labute approximate surface area is 123 Å². The van der Waals surface area contributed by atoms with Crippen molar-refractivity contribution in [3.63, 3.8) is 0 Å². The van der Waals surface area contributed by atoms with Gasteiger partial charge in [0.2, 0.25) is 0 Å². The van der Waals surface area contributed by atoms with Crippen LogP contribution in [0.5, 0.6) is 0 Å². The third-order valence-corrected chi connectivity index (χ3v) is 5.00. The zero-order valence-electron chi connectivity index (χ0n) is 13.3. The van der Waals surface area contributed by atoms with Gasteiger partial charge >= 0.3 is 0 Å². The molecule has 20 heavy (non-hydrogen) atoms. The fourth-order valence-electron chi connectivity index (χ4n) is 3.76. The Kier molecular flexibility index (Phi) is 5.30. The van der Waals surface area contributed by atoms with Gasteiger partial charge in [0.25, 0.3) is 0 Å². The van der Waals surface area contributed by atoms with Crippen molar-refractivity contribution in [3.8, 4) is 0 Å². The van der Waals surface area contributed by atoms with Gasteiger partial charge in [0.1, 0.15) is 0 Å². The van der Waals surface area contributed by atoms with Crippen LogP contribution in [0.1, 0.15) is 59.3 Å². The first kappa shape index (κ1) is 15.6. The topological polar surface area (TPSA) is 59.6 Å². The molecule has 2 aliphatic rings. The summed E-state index contributed by atoms with van der Waals surface area (Å²) in [5.41, 5.74) is 6.37. The third-order valence-electron chi connectivity index (χ3n) is 5.00. The molecule has 4 nitrogen and oxygen atoms in total. The van der Waals surface area contributed by atoms with Gasteiger partial charge in [0.15, 0.2) is 5.96 Å². The van der Waals surface area contributed by atoms with E-state index in [0.717, 1.165) is 26.0 Å². The Morgan fingerprint density at radius 3 is 2.70 bits per heavy atom. The van der Waals surface area contributed by atoms with E-state index in [1.54, 1.807) is 0 Å². The van der Waals surface area contributed by atoms with Crippen molar-refractivity contribution in [2.45, 2.75) is 71.4 Å². The quantitative estimate of drug-likeness (QED) is 0.581. The zero-order valence-corrected chi connectivity index (χ0v) is 13.3. The van der Waals surface area contributed by atoms with Crippen molar-refractivity contribution in [1.82, 2.24) is 5.32 Å². The van der Waals surface area contributed by atoms with E-state index in [0.29, 0.717) is 29.4 Å². The van der Waals surface area contributed by atoms with E-state index in [2.05, 4.69) is 31.1 Å². The summed E-state index contributed by atoms with van der Waals surface area (Å²) in [4.78, 5) is 4.45. The van der Waals surface area contributed by atoms with Crippen molar-refractivity contribution in [2.75, 3.05) is 13.2 Å². The molecule has 0 heterocycles. The molecule has 2 rings (SSSR count). The Morgan fingerprint density at radius 1 is 1.40 bits per heavy atom. The molecule has 2 aliphatic carbocycles. The van der Waals surface area contributed by atoms with Gasteiger partial charge in [-0.05, 0) is 38.5 Å². The lowest BCUT2D eigenvalue weighted by atomic mass is 9.60. The number of rotatable bonds is 6. The molecule has 0 aliphatic heterocycles. The summed E-state index contributed by atoms with van der Waals surface area (Å²) >= 11 is 0. The van der Waals surface area contributed by atoms with Crippen molar-refractivity contribution in [3.05, 3.63) is 0 Å². The van der Waals surface area contributed by atoms with Gasteiger partial charge in [-0.15, -0.1) is 0 Å². The van der Waals surface area contributed by atoms with E-state index in [4.69, 9.17) is 10.5 Å². The molecule has 0 aromatic heterocycles. The second-order valence-electron chi connectivity index (χ2n) is 6.77. The first-order valence-corrected chi connectivity index (χ1v) is 8.26. The van der Waals surface area contributed by atoms with Crippen LogP contribution < -0.4 is 11.1 Å². The largest absolute Gasteiger partial charge is 0.378 e. The fraction of sp³-hybridized carbons (Fsp3) is 0.938. The third kappa shape index (κ3) is 3.27. The van der Waals surface area contributed by atoms with Crippen LogP contribution in [-0.4, -0.2) is 31.3 Å². The molecular formula is C16H31N3O. The zero-order chi connectivity index (χ0) is 14.6. The van der Waals surface area contributed by atoms with E-state index in [1.165, 1.54) is 25.7 Å². The highest BCUT2D eigenvalue weighted by Gasteiger charge is 2.56. The minimum Gasteiger partial charge on any atom is -0.378 e. The lowest BCUT2D eigenvalue weighted by Gasteiger charge is -2.54. The van der Waals surface area contributed by atoms with Gasteiger partial charge in [0.05, 0.1) is 6.10 Å². The number of nitrogens with zero attached hydrogens (tertiary/aromatic N) is 1. The summed E-state index contributed by atoms with van der Waals surface area (Å²) in [6.45, 7) is 8.16. The van der Waals surface area contributed by atoms with Gasteiger partial charge in [-0.2, -0.15) is 0 Å². The van der Waals surface area contributed by atoms with Crippen LogP contribution in [0.3, 0.4) is 0 Å². The maximum absolute atomic E-state index is 6.04. The Bertz CT molecular complexity index is 335.